The SMILES string of the molecule is CC1CN(Cc2cccc(C#CCN)c2)CCC1O. The highest BCUT2D eigenvalue weighted by Crippen LogP contribution is 2.18. The van der Waals surface area contributed by atoms with Crippen LogP contribution >= 0.6 is 0 Å². The number of benzene rings is 1. The molecule has 1 aromatic rings. The normalized spacial score (nSPS) is 23.7. The van der Waals surface area contributed by atoms with Gasteiger partial charge in [0, 0.05) is 25.2 Å². The zero-order valence-electron chi connectivity index (χ0n) is 11.5. The second-order valence-electron chi connectivity index (χ2n) is 5.27. The molecule has 102 valence electrons. The molecule has 3 heteroatoms. The van der Waals surface area contributed by atoms with Crippen molar-refractivity contribution in [1.82, 2.24) is 4.90 Å². The molecule has 0 amide bonds. The Morgan fingerprint density at radius 3 is 3.05 bits per heavy atom. The lowest BCUT2D eigenvalue weighted by molar-refractivity contribution is 0.0320. The number of aliphatic hydroxyl groups excluding tert-OH is 1. The maximum absolute atomic E-state index is 9.75. The molecule has 0 bridgehead atoms. The van der Waals surface area contributed by atoms with E-state index in [9.17, 15) is 5.11 Å². The van der Waals surface area contributed by atoms with Crippen molar-refractivity contribution >= 4 is 0 Å². The van der Waals surface area contributed by atoms with Crippen LogP contribution in [0.25, 0.3) is 0 Å². The topological polar surface area (TPSA) is 49.5 Å². The van der Waals surface area contributed by atoms with Gasteiger partial charge in [-0.2, -0.15) is 0 Å². The summed E-state index contributed by atoms with van der Waals surface area (Å²) in [5.41, 5.74) is 7.68. The Bertz CT molecular complexity index is 475. The van der Waals surface area contributed by atoms with E-state index in [0.717, 1.165) is 31.6 Å². The molecule has 1 aliphatic rings. The number of nitrogens with two attached hydrogens (primary N) is 1. The van der Waals surface area contributed by atoms with Crippen molar-refractivity contribution in [2.45, 2.75) is 26.0 Å². The molecule has 1 aliphatic heterocycles. The predicted octanol–water partition coefficient (Wildman–Crippen LogP) is 1.20. The minimum absolute atomic E-state index is 0.141. The fraction of sp³-hybridized carbons (Fsp3) is 0.500. The first-order valence-corrected chi connectivity index (χ1v) is 6.87. The van der Waals surface area contributed by atoms with Crippen LogP contribution in [0.4, 0.5) is 0 Å². The van der Waals surface area contributed by atoms with Crippen molar-refractivity contribution < 1.29 is 5.11 Å². The Morgan fingerprint density at radius 1 is 1.47 bits per heavy atom. The number of hydrogen-bond donors (Lipinski definition) is 2. The summed E-state index contributed by atoms with van der Waals surface area (Å²) in [5, 5.41) is 9.75. The Kier molecular flexibility index (Phi) is 4.98. The molecule has 1 saturated heterocycles. The lowest BCUT2D eigenvalue weighted by atomic mass is 9.96. The summed E-state index contributed by atoms with van der Waals surface area (Å²) < 4.78 is 0. The molecule has 3 nitrogen and oxygen atoms in total. The average molecular weight is 258 g/mol. The van der Waals surface area contributed by atoms with Gasteiger partial charge in [0.25, 0.3) is 0 Å². The van der Waals surface area contributed by atoms with Gasteiger partial charge in [-0.3, -0.25) is 4.90 Å². The van der Waals surface area contributed by atoms with Crippen LogP contribution in [0.15, 0.2) is 24.3 Å². The summed E-state index contributed by atoms with van der Waals surface area (Å²) in [5.74, 6) is 6.30. The van der Waals surface area contributed by atoms with Crippen LogP contribution in [-0.2, 0) is 6.54 Å². The van der Waals surface area contributed by atoms with Crippen molar-refractivity contribution in [1.29, 1.82) is 0 Å². The number of hydrogen-bond acceptors (Lipinski definition) is 3. The summed E-state index contributed by atoms with van der Waals surface area (Å²) in [6.45, 7) is 5.35. The largest absolute Gasteiger partial charge is 0.393 e. The van der Waals surface area contributed by atoms with Crippen molar-refractivity contribution in [2.24, 2.45) is 11.7 Å². The van der Waals surface area contributed by atoms with Gasteiger partial charge in [-0.1, -0.05) is 30.9 Å². The van der Waals surface area contributed by atoms with Crippen LogP contribution in [0.2, 0.25) is 0 Å². The molecular weight excluding hydrogens is 236 g/mol. The first-order chi connectivity index (χ1) is 9.19. The van der Waals surface area contributed by atoms with Gasteiger partial charge in [0.05, 0.1) is 12.6 Å². The minimum Gasteiger partial charge on any atom is -0.393 e. The molecule has 19 heavy (non-hydrogen) atoms. The third-order valence-electron chi connectivity index (χ3n) is 3.61. The van der Waals surface area contributed by atoms with E-state index >= 15 is 0 Å². The molecule has 1 fully saturated rings. The fourth-order valence-corrected chi connectivity index (χ4v) is 2.52. The molecule has 0 radical (unpaired) electrons. The number of rotatable bonds is 2. The number of nitrogens with zero attached hydrogens (tertiary/aromatic N) is 1. The average Bonchev–Trinajstić information content (AvgIpc) is 2.41. The molecule has 0 spiro atoms. The molecule has 2 unspecified atom stereocenters. The zero-order valence-corrected chi connectivity index (χ0v) is 11.5. The summed E-state index contributed by atoms with van der Waals surface area (Å²) in [6, 6.07) is 8.30. The van der Waals surface area contributed by atoms with E-state index in [4.69, 9.17) is 5.73 Å². The summed E-state index contributed by atoms with van der Waals surface area (Å²) in [4.78, 5) is 2.40. The van der Waals surface area contributed by atoms with Crippen LogP contribution in [-0.4, -0.2) is 35.7 Å². The van der Waals surface area contributed by atoms with Gasteiger partial charge in [0.1, 0.15) is 0 Å². The molecule has 0 aromatic heterocycles. The van der Waals surface area contributed by atoms with Crippen LogP contribution < -0.4 is 5.73 Å². The van der Waals surface area contributed by atoms with Crippen LogP contribution in [0, 0.1) is 17.8 Å². The third kappa shape index (κ3) is 4.07. The van der Waals surface area contributed by atoms with E-state index in [-0.39, 0.29) is 6.10 Å². The maximum atomic E-state index is 9.75. The van der Waals surface area contributed by atoms with Crippen molar-refractivity contribution in [3.05, 3.63) is 35.4 Å². The monoisotopic (exact) mass is 258 g/mol. The molecule has 0 saturated carbocycles. The van der Waals surface area contributed by atoms with Gasteiger partial charge in [-0.25, -0.2) is 0 Å². The van der Waals surface area contributed by atoms with Crippen LogP contribution in [0.3, 0.4) is 0 Å². The van der Waals surface area contributed by atoms with E-state index in [0.29, 0.717) is 12.5 Å². The smallest absolute Gasteiger partial charge is 0.0590 e. The van der Waals surface area contributed by atoms with Gasteiger partial charge in [0.15, 0.2) is 0 Å². The highest BCUT2D eigenvalue weighted by atomic mass is 16.3. The Labute approximate surface area is 115 Å². The third-order valence-corrected chi connectivity index (χ3v) is 3.61. The minimum atomic E-state index is -0.141. The van der Waals surface area contributed by atoms with Crippen molar-refractivity contribution in [3.8, 4) is 11.8 Å². The zero-order chi connectivity index (χ0) is 13.7. The van der Waals surface area contributed by atoms with E-state index < -0.39 is 0 Å². The second kappa shape index (κ2) is 6.72. The molecule has 2 rings (SSSR count). The van der Waals surface area contributed by atoms with Gasteiger partial charge in [-0.05, 0) is 30.0 Å². The quantitative estimate of drug-likeness (QED) is 0.784. The van der Waals surface area contributed by atoms with E-state index in [1.807, 2.05) is 12.1 Å². The highest BCUT2D eigenvalue weighted by Gasteiger charge is 2.23. The predicted molar refractivity (Wildman–Crippen MR) is 77.4 cm³/mol. The first kappa shape index (κ1) is 14.1. The molecule has 0 aliphatic carbocycles. The number of piperidine rings is 1. The molecule has 1 aromatic carbocycles. The summed E-state index contributed by atoms with van der Waals surface area (Å²) in [6.07, 6.45) is 0.728. The van der Waals surface area contributed by atoms with Gasteiger partial charge >= 0.3 is 0 Å². The number of likely N-dealkylation sites (tertiary alicyclic amines) is 1. The van der Waals surface area contributed by atoms with Gasteiger partial charge in [0.2, 0.25) is 0 Å². The van der Waals surface area contributed by atoms with Gasteiger partial charge < -0.3 is 10.8 Å². The highest BCUT2D eigenvalue weighted by molar-refractivity contribution is 5.37. The standard InChI is InChI=1S/C16H22N2O/c1-13-11-18(9-7-16(13)19)12-15-5-2-4-14(10-15)6-3-8-17/h2,4-5,10,13,16,19H,7-9,11-12,17H2,1H3. The lowest BCUT2D eigenvalue weighted by Crippen LogP contribution is -2.41. The van der Waals surface area contributed by atoms with E-state index in [1.165, 1.54) is 5.56 Å². The summed E-state index contributed by atoms with van der Waals surface area (Å²) in [7, 11) is 0. The van der Waals surface area contributed by atoms with E-state index in [2.05, 4.69) is 35.8 Å². The maximum Gasteiger partial charge on any atom is 0.0590 e. The van der Waals surface area contributed by atoms with E-state index in [1.54, 1.807) is 0 Å². The van der Waals surface area contributed by atoms with Crippen LogP contribution in [0.1, 0.15) is 24.5 Å². The Hall–Kier alpha value is -1.34. The molecular formula is C16H22N2O. The summed E-state index contributed by atoms with van der Waals surface area (Å²) >= 11 is 0. The molecule has 3 N–H and O–H groups in total. The molecule has 2 atom stereocenters. The van der Waals surface area contributed by atoms with Crippen molar-refractivity contribution in [2.75, 3.05) is 19.6 Å². The Morgan fingerprint density at radius 2 is 2.32 bits per heavy atom. The first-order valence-electron chi connectivity index (χ1n) is 6.87. The fourth-order valence-electron chi connectivity index (χ4n) is 2.52. The second-order valence-corrected chi connectivity index (χ2v) is 5.27. The number of aliphatic hydroxyl groups is 1. The van der Waals surface area contributed by atoms with Gasteiger partial charge in [-0.15, -0.1) is 0 Å². The Balaban J connectivity index is 1.99. The molecule has 1 heterocycles. The lowest BCUT2D eigenvalue weighted by Gasteiger charge is -2.34. The van der Waals surface area contributed by atoms with Crippen molar-refractivity contribution in [3.63, 3.8) is 0 Å². The van der Waals surface area contributed by atoms with Crippen LogP contribution in [0.5, 0.6) is 0 Å².